The van der Waals surface area contributed by atoms with Crippen LogP contribution in [0.5, 0.6) is 0 Å². The van der Waals surface area contributed by atoms with Crippen molar-refractivity contribution in [3.05, 3.63) is 25.9 Å². The lowest BCUT2D eigenvalue weighted by Gasteiger charge is -2.06. The molecule has 0 saturated carbocycles. The summed E-state index contributed by atoms with van der Waals surface area (Å²) in [7, 11) is 0. The summed E-state index contributed by atoms with van der Waals surface area (Å²) in [6.45, 7) is 0. The Morgan fingerprint density at radius 1 is 1.47 bits per heavy atom. The third-order valence-corrected chi connectivity index (χ3v) is 2.62. The summed E-state index contributed by atoms with van der Waals surface area (Å²) < 4.78 is 37.6. The molecule has 1 N–H and O–H groups in total. The molecule has 0 aliphatic rings. The molecule has 2 aromatic rings. The Hall–Kier alpha value is -1.13. The number of alkyl halides is 3. The van der Waals surface area contributed by atoms with Crippen molar-refractivity contribution in [2.45, 2.75) is 6.18 Å². The molecule has 0 radical (unpaired) electrons. The van der Waals surface area contributed by atoms with Crippen LogP contribution in [0.2, 0.25) is 0 Å². The van der Waals surface area contributed by atoms with E-state index in [0.29, 0.717) is 0 Å². The highest BCUT2D eigenvalue weighted by Crippen LogP contribution is 2.29. The molecule has 0 spiro atoms. The number of aromatic nitrogens is 4. The summed E-state index contributed by atoms with van der Waals surface area (Å²) in [6.07, 6.45) is -3.55. The Labute approximate surface area is 93.5 Å². The van der Waals surface area contributed by atoms with E-state index in [-0.39, 0.29) is 5.78 Å². The minimum absolute atomic E-state index is 0.298. The first-order valence-electron chi connectivity index (χ1n) is 3.60. The van der Waals surface area contributed by atoms with Gasteiger partial charge in [-0.05, 0) is 22.6 Å². The largest absolute Gasteiger partial charge is 0.434 e. The number of halogens is 4. The standard InChI is InChI=1S/C6H2F3IN4O/c7-6(8,9)3-2(10)4(15)14-5(13-3)11-1-12-14/h1H,(H,11,12,13). The number of nitrogens with zero attached hydrogens (tertiary/aromatic N) is 3. The molecule has 0 aliphatic carbocycles. The lowest BCUT2D eigenvalue weighted by atomic mass is 10.4. The highest BCUT2D eigenvalue weighted by Gasteiger charge is 2.37. The molecule has 15 heavy (non-hydrogen) atoms. The number of rotatable bonds is 0. The van der Waals surface area contributed by atoms with Crippen LogP contribution in [-0.4, -0.2) is 19.6 Å². The van der Waals surface area contributed by atoms with Gasteiger partial charge in [0, 0.05) is 0 Å². The van der Waals surface area contributed by atoms with E-state index in [4.69, 9.17) is 0 Å². The first kappa shape index (κ1) is 10.4. The van der Waals surface area contributed by atoms with Crippen LogP contribution in [0.15, 0.2) is 11.1 Å². The van der Waals surface area contributed by atoms with Gasteiger partial charge in [0.1, 0.15) is 9.90 Å². The van der Waals surface area contributed by atoms with Crippen molar-refractivity contribution in [3.8, 4) is 0 Å². The maximum Gasteiger partial charge on any atom is 0.434 e. The fourth-order valence-electron chi connectivity index (χ4n) is 1.02. The van der Waals surface area contributed by atoms with Crippen LogP contribution in [0.1, 0.15) is 5.69 Å². The first-order valence-corrected chi connectivity index (χ1v) is 4.68. The highest BCUT2D eigenvalue weighted by atomic mass is 127. The van der Waals surface area contributed by atoms with Gasteiger partial charge in [-0.3, -0.25) is 9.89 Å². The van der Waals surface area contributed by atoms with Crippen LogP contribution in [0.3, 0.4) is 0 Å². The summed E-state index contributed by atoms with van der Waals surface area (Å²) in [4.78, 5) is 18.1. The quantitative estimate of drug-likeness (QED) is 0.735. The smallest absolute Gasteiger partial charge is 0.278 e. The maximum absolute atomic E-state index is 12.4. The van der Waals surface area contributed by atoms with Crippen molar-refractivity contribution >= 4 is 28.4 Å². The lowest BCUT2D eigenvalue weighted by Crippen LogP contribution is -2.24. The molecule has 0 unspecified atom stereocenters. The van der Waals surface area contributed by atoms with Gasteiger partial charge in [0.05, 0.1) is 0 Å². The van der Waals surface area contributed by atoms with E-state index in [0.717, 1.165) is 10.8 Å². The predicted octanol–water partition coefficient (Wildman–Crippen LogP) is 1.04. The fourth-order valence-corrected chi connectivity index (χ4v) is 1.69. The second-order valence-electron chi connectivity index (χ2n) is 2.60. The van der Waals surface area contributed by atoms with Crippen molar-refractivity contribution in [2.75, 3.05) is 0 Å². The van der Waals surface area contributed by atoms with E-state index in [1.165, 1.54) is 22.6 Å². The van der Waals surface area contributed by atoms with E-state index in [1.807, 2.05) is 0 Å². The Kier molecular flexibility index (Phi) is 2.20. The Balaban J connectivity index is 2.88. The number of hydrogen-bond acceptors (Lipinski definition) is 3. The SMILES string of the molecule is O=c1c(I)c(C(F)(F)F)nc2nc[nH]n12. The van der Waals surface area contributed by atoms with Crippen LogP contribution >= 0.6 is 22.6 Å². The van der Waals surface area contributed by atoms with E-state index in [2.05, 4.69) is 15.1 Å². The Morgan fingerprint density at radius 2 is 2.13 bits per heavy atom. The molecule has 2 rings (SSSR count). The molecule has 9 heteroatoms. The molecule has 80 valence electrons. The first-order chi connectivity index (χ1) is 6.91. The minimum atomic E-state index is -4.65. The molecule has 0 aromatic carbocycles. The normalized spacial score (nSPS) is 12.3. The summed E-state index contributed by atoms with van der Waals surface area (Å²) in [5.41, 5.74) is -2.02. The minimum Gasteiger partial charge on any atom is -0.278 e. The van der Waals surface area contributed by atoms with Crippen LogP contribution in [0, 0.1) is 3.57 Å². The molecule has 0 aliphatic heterocycles. The lowest BCUT2D eigenvalue weighted by molar-refractivity contribution is -0.141. The number of hydrogen-bond donors (Lipinski definition) is 1. The van der Waals surface area contributed by atoms with Crippen molar-refractivity contribution in [1.29, 1.82) is 0 Å². The summed E-state index contributed by atoms with van der Waals surface area (Å²) in [5.74, 6) is -0.298. The summed E-state index contributed by atoms with van der Waals surface area (Å²) in [6, 6.07) is 0. The van der Waals surface area contributed by atoms with Crippen molar-refractivity contribution < 1.29 is 13.2 Å². The maximum atomic E-state index is 12.4. The number of aromatic amines is 1. The van der Waals surface area contributed by atoms with E-state index >= 15 is 0 Å². The van der Waals surface area contributed by atoms with Crippen molar-refractivity contribution in [1.82, 2.24) is 19.6 Å². The van der Waals surface area contributed by atoms with E-state index < -0.39 is 21.0 Å². The topological polar surface area (TPSA) is 63.0 Å². The van der Waals surface area contributed by atoms with Crippen molar-refractivity contribution in [3.63, 3.8) is 0 Å². The van der Waals surface area contributed by atoms with Gasteiger partial charge < -0.3 is 0 Å². The second-order valence-corrected chi connectivity index (χ2v) is 3.68. The van der Waals surface area contributed by atoms with E-state index in [1.54, 1.807) is 0 Å². The molecule has 0 saturated heterocycles. The van der Waals surface area contributed by atoms with Crippen LogP contribution in [-0.2, 0) is 6.18 Å². The average Bonchev–Trinajstić information content (AvgIpc) is 2.57. The average molecular weight is 330 g/mol. The Morgan fingerprint density at radius 3 is 2.73 bits per heavy atom. The fraction of sp³-hybridized carbons (Fsp3) is 0.167. The molecule has 0 fully saturated rings. The highest BCUT2D eigenvalue weighted by molar-refractivity contribution is 14.1. The van der Waals surface area contributed by atoms with E-state index in [9.17, 15) is 18.0 Å². The zero-order chi connectivity index (χ0) is 11.2. The third-order valence-electron chi connectivity index (χ3n) is 1.65. The molecule has 5 nitrogen and oxygen atoms in total. The molecular weight excluding hydrogens is 328 g/mol. The number of fused-ring (bicyclic) bond motifs is 1. The molecule has 0 bridgehead atoms. The van der Waals surface area contributed by atoms with Gasteiger partial charge in [-0.1, -0.05) is 0 Å². The number of H-pyrrole nitrogens is 1. The summed E-state index contributed by atoms with van der Waals surface area (Å²) >= 11 is 1.31. The molecule has 2 heterocycles. The van der Waals surface area contributed by atoms with Gasteiger partial charge >= 0.3 is 6.18 Å². The number of nitrogens with one attached hydrogen (secondary N) is 1. The zero-order valence-corrected chi connectivity index (χ0v) is 9.00. The second kappa shape index (κ2) is 3.18. The van der Waals surface area contributed by atoms with Gasteiger partial charge in [0.25, 0.3) is 11.3 Å². The van der Waals surface area contributed by atoms with Gasteiger partial charge in [-0.2, -0.15) is 17.7 Å². The summed E-state index contributed by atoms with van der Waals surface area (Å²) in [5, 5.41) is 2.37. The molecule has 0 atom stereocenters. The van der Waals surface area contributed by atoms with Crippen LogP contribution < -0.4 is 5.56 Å². The van der Waals surface area contributed by atoms with Gasteiger partial charge in [-0.15, -0.1) is 0 Å². The molecule has 2 aromatic heterocycles. The monoisotopic (exact) mass is 330 g/mol. The van der Waals surface area contributed by atoms with Gasteiger partial charge in [-0.25, -0.2) is 9.97 Å². The van der Waals surface area contributed by atoms with Gasteiger partial charge in [0.2, 0.25) is 0 Å². The third kappa shape index (κ3) is 1.60. The Bertz CT molecular complexity index is 572. The molecular formula is C6H2F3IN4O. The zero-order valence-electron chi connectivity index (χ0n) is 6.84. The molecule has 0 amide bonds. The van der Waals surface area contributed by atoms with Gasteiger partial charge in [0.15, 0.2) is 5.69 Å². The van der Waals surface area contributed by atoms with Crippen LogP contribution in [0.4, 0.5) is 13.2 Å². The van der Waals surface area contributed by atoms with Crippen molar-refractivity contribution in [2.24, 2.45) is 0 Å². The van der Waals surface area contributed by atoms with Crippen LogP contribution in [0.25, 0.3) is 5.78 Å². The predicted molar refractivity (Wildman–Crippen MR) is 51.3 cm³/mol.